The van der Waals surface area contributed by atoms with E-state index < -0.39 is 35.9 Å². The summed E-state index contributed by atoms with van der Waals surface area (Å²) in [5.41, 5.74) is 1.69. The van der Waals surface area contributed by atoms with Crippen molar-refractivity contribution < 1.29 is 28.5 Å². The Balaban J connectivity index is 2.21. The SMILES string of the molecule is COCC[C@H](Cc1ccc(C)cc1)[C@@H](Oc1ccccc1)[C@H](C)OC(=O)[C@H](C)NC(=O)OC(C)(C)C. The molecule has 2 rings (SSSR count). The molecule has 0 aliphatic rings. The lowest BCUT2D eigenvalue weighted by molar-refractivity contribution is -0.156. The van der Waals surface area contributed by atoms with Gasteiger partial charge in [-0.2, -0.15) is 0 Å². The van der Waals surface area contributed by atoms with E-state index in [-0.39, 0.29) is 5.92 Å². The quantitative estimate of drug-likeness (QED) is 0.389. The third kappa shape index (κ3) is 10.3. The van der Waals surface area contributed by atoms with Gasteiger partial charge in [-0.3, -0.25) is 0 Å². The summed E-state index contributed by atoms with van der Waals surface area (Å²) in [6.45, 7) is 11.3. The fraction of sp³-hybridized carbons (Fsp3) is 0.517. The number of carbonyl (C=O) groups is 2. The van der Waals surface area contributed by atoms with E-state index in [4.69, 9.17) is 18.9 Å². The molecular formula is C29H41NO6. The molecule has 0 aliphatic heterocycles. The van der Waals surface area contributed by atoms with Gasteiger partial charge in [0.1, 0.15) is 29.6 Å². The molecule has 1 N–H and O–H groups in total. The first-order valence-corrected chi connectivity index (χ1v) is 12.4. The van der Waals surface area contributed by atoms with Gasteiger partial charge in [0, 0.05) is 19.6 Å². The maximum Gasteiger partial charge on any atom is 0.408 e. The lowest BCUT2D eigenvalue weighted by Crippen LogP contribution is -2.46. The van der Waals surface area contributed by atoms with Crippen molar-refractivity contribution in [3.05, 3.63) is 65.7 Å². The Labute approximate surface area is 215 Å². The van der Waals surface area contributed by atoms with Gasteiger partial charge in [0.2, 0.25) is 0 Å². The largest absolute Gasteiger partial charge is 0.486 e. The average Bonchev–Trinajstić information content (AvgIpc) is 2.81. The number of hydrogen-bond donors (Lipinski definition) is 1. The number of nitrogens with one attached hydrogen (secondary N) is 1. The Morgan fingerprint density at radius 1 is 0.972 bits per heavy atom. The number of amides is 1. The molecule has 0 saturated heterocycles. The van der Waals surface area contributed by atoms with Gasteiger partial charge in [-0.25, -0.2) is 9.59 Å². The van der Waals surface area contributed by atoms with E-state index in [1.165, 1.54) is 11.1 Å². The molecule has 7 nitrogen and oxygen atoms in total. The lowest BCUT2D eigenvalue weighted by Gasteiger charge is -2.33. The molecule has 1 amide bonds. The summed E-state index contributed by atoms with van der Waals surface area (Å²) >= 11 is 0. The zero-order valence-corrected chi connectivity index (χ0v) is 22.6. The number of alkyl carbamates (subject to hydrolysis) is 1. The highest BCUT2D eigenvalue weighted by Gasteiger charge is 2.33. The van der Waals surface area contributed by atoms with Crippen LogP contribution in [0.3, 0.4) is 0 Å². The van der Waals surface area contributed by atoms with Gasteiger partial charge in [-0.15, -0.1) is 0 Å². The Hall–Kier alpha value is -3.06. The maximum atomic E-state index is 12.9. The standard InChI is InChI=1S/C29H41NO6/c1-20-13-15-23(16-14-20)19-24(17-18-33-7)26(35-25-11-9-8-10-12-25)22(3)34-27(31)21(2)30-28(32)36-29(4,5)6/h8-16,21-22,24,26H,17-19H2,1-7H3,(H,30,32)/t21-,22-,24+,26-/m0/s1. The van der Waals surface area contributed by atoms with Crippen molar-refractivity contribution >= 4 is 12.1 Å². The molecule has 4 atom stereocenters. The third-order valence-corrected chi connectivity index (χ3v) is 5.64. The molecule has 0 unspecified atom stereocenters. The van der Waals surface area contributed by atoms with E-state index in [0.717, 1.165) is 12.8 Å². The number of rotatable bonds is 12. The molecule has 0 radical (unpaired) electrons. The zero-order chi connectivity index (χ0) is 26.7. The van der Waals surface area contributed by atoms with Crippen LogP contribution in [-0.4, -0.2) is 49.6 Å². The van der Waals surface area contributed by atoms with Crippen molar-refractivity contribution in [2.75, 3.05) is 13.7 Å². The van der Waals surface area contributed by atoms with Crippen LogP contribution in [0.4, 0.5) is 4.79 Å². The number of hydrogen-bond acceptors (Lipinski definition) is 6. The Kier molecular flexibility index (Phi) is 11.2. The van der Waals surface area contributed by atoms with Crippen molar-refractivity contribution in [1.29, 1.82) is 0 Å². The molecule has 36 heavy (non-hydrogen) atoms. The monoisotopic (exact) mass is 499 g/mol. The lowest BCUT2D eigenvalue weighted by atomic mass is 9.88. The van der Waals surface area contributed by atoms with Crippen LogP contribution >= 0.6 is 0 Å². The summed E-state index contributed by atoms with van der Waals surface area (Å²) in [7, 11) is 1.67. The van der Waals surface area contributed by atoms with Gasteiger partial charge < -0.3 is 24.3 Å². The van der Waals surface area contributed by atoms with Gasteiger partial charge in [0.05, 0.1) is 0 Å². The second-order valence-corrected chi connectivity index (χ2v) is 10.1. The topological polar surface area (TPSA) is 83.1 Å². The molecule has 0 saturated carbocycles. The number of para-hydroxylation sites is 1. The molecule has 7 heteroatoms. The number of ether oxygens (including phenoxy) is 4. The summed E-state index contributed by atoms with van der Waals surface area (Å²) in [4.78, 5) is 25.0. The molecule has 2 aromatic carbocycles. The fourth-order valence-electron chi connectivity index (χ4n) is 3.81. The van der Waals surface area contributed by atoms with Crippen LogP contribution in [0.5, 0.6) is 5.75 Å². The van der Waals surface area contributed by atoms with Gasteiger partial charge in [-0.1, -0.05) is 48.0 Å². The predicted molar refractivity (Wildman–Crippen MR) is 140 cm³/mol. The van der Waals surface area contributed by atoms with Gasteiger partial charge in [-0.05, 0) is 72.1 Å². The second-order valence-electron chi connectivity index (χ2n) is 10.1. The Morgan fingerprint density at radius 2 is 1.61 bits per heavy atom. The number of carbonyl (C=O) groups excluding carboxylic acids is 2. The van der Waals surface area contributed by atoms with Gasteiger partial charge in [0.25, 0.3) is 0 Å². The molecule has 0 aromatic heterocycles. The first-order chi connectivity index (χ1) is 17.0. The van der Waals surface area contributed by atoms with Gasteiger partial charge >= 0.3 is 12.1 Å². The van der Waals surface area contributed by atoms with Crippen LogP contribution in [0.15, 0.2) is 54.6 Å². The first kappa shape index (κ1) is 29.2. The summed E-state index contributed by atoms with van der Waals surface area (Å²) in [6, 6.07) is 17.0. The first-order valence-electron chi connectivity index (χ1n) is 12.4. The predicted octanol–water partition coefficient (Wildman–Crippen LogP) is 5.48. The molecule has 0 fully saturated rings. The average molecular weight is 500 g/mol. The van der Waals surface area contributed by atoms with Crippen molar-refractivity contribution in [2.45, 2.75) is 78.2 Å². The van der Waals surface area contributed by atoms with Crippen LogP contribution in [0.2, 0.25) is 0 Å². The van der Waals surface area contributed by atoms with Crippen molar-refractivity contribution in [1.82, 2.24) is 5.32 Å². The van der Waals surface area contributed by atoms with Crippen molar-refractivity contribution in [2.24, 2.45) is 5.92 Å². The summed E-state index contributed by atoms with van der Waals surface area (Å²) in [5, 5.41) is 2.54. The second kappa shape index (κ2) is 13.9. The molecule has 0 heterocycles. The van der Waals surface area contributed by atoms with E-state index in [9.17, 15) is 9.59 Å². The summed E-state index contributed by atoms with van der Waals surface area (Å²) in [5.74, 6) is 0.136. The Bertz CT molecular complexity index is 938. The molecule has 0 aliphatic carbocycles. The Morgan fingerprint density at radius 3 is 2.19 bits per heavy atom. The molecule has 0 bridgehead atoms. The van der Waals surface area contributed by atoms with E-state index in [1.54, 1.807) is 34.8 Å². The zero-order valence-electron chi connectivity index (χ0n) is 22.6. The van der Waals surface area contributed by atoms with Crippen LogP contribution in [0.1, 0.15) is 52.2 Å². The highest BCUT2D eigenvalue weighted by atomic mass is 16.6. The number of methoxy groups -OCH3 is 1. The highest BCUT2D eigenvalue weighted by molar-refractivity contribution is 5.81. The minimum Gasteiger partial charge on any atom is -0.486 e. The normalized spacial score (nSPS) is 14.8. The maximum absolute atomic E-state index is 12.9. The van der Waals surface area contributed by atoms with Crippen molar-refractivity contribution in [3.63, 3.8) is 0 Å². The third-order valence-electron chi connectivity index (χ3n) is 5.64. The minimum atomic E-state index is -0.880. The van der Waals surface area contributed by atoms with Crippen LogP contribution < -0.4 is 10.1 Å². The smallest absolute Gasteiger partial charge is 0.408 e. The fourth-order valence-corrected chi connectivity index (χ4v) is 3.81. The molecular weight excluding hydrogens is 458 g/mol. The number of aryl methyl sites for hydroxylation is 1. The highest BCUT2D eigenvalue weighted by Crippen LogP contribution is 2.26. The van der Waals surface area contributed by atoms with Crippen LogP contribution in [-0.2, 0) is 25.4 Å². The molecule has 2 aromatic rings. The summed E-state index contributed by atoms with van der Waals surface area (Å²) < 4.78 is 22.9. The van der Waals surface area contributed by atoms with E-state index in [1.807, 2.05) is 37.3 Å². The number of benzene rings is 2. The molecule has 0 spiro atoms. The number of esters is 1. The van der Waals surface area contributed by atoms with E-state index in [0.29, 0.717) is 12.4 Å². The van der Waals surface area contributed by atoms with Gasteiger partial charge in [0.15, 0.2) is 0 Å². The van der Waals surface area contributed by atoms with E-state index in [2.05, 4.69) is 36.5 Å². The summed E-state index contributed by atoms with van der Waals surface area (Å²) in [6.07, 6.45) is -0.256. The molecule has 198 valence electrons. The van der Waals surface area contributed by atoms with Crippen LogP contribution in [0.25, 0.3) is 0 Å². The van der Waals surface area contributed by atoms with Crippen LogP contribution in [0, 0.1) is 12.8 Å². The van der Waals surface area contributed by atoms with E-state index >= 15 is 0 Å². The van der Waals surface area contributed by atoms with Crippen molar-refractivity contribution in [3.8, 4) is 5.75 Å². The minimum absolute atomic E-state index is 0.00443.